The molecule has 0 rings (SSSR count). The van der Waals surface area contributed by atoms with Gasteiger partial charge < -0.3 is 20.3 Å². The summed E-state index contributed by atoms with van der Waals surface area (Å²) >= 11 is 0. The number of carbonyl (C=O) groups excluding carboxylic acids is 2. The fraction of sp³-hybridized carbons (Fsp3) is 0.906. The van der Waals surface area contributed by atoms with E-state index >= 15 is 0 Å². The average Bonchev–Trinajstić information content (AvgIpc) is 3.36. The van der Waals surface area contributed by atoms with Crippen molar-refractivity contribution in [3.8, 4) is 0 Å². The van der Waals surface area contributed by atoms with Crippen molar-refractivity contribution in [3.05, 3.63) is 24.3 Å². The van der Waals surface area contributed by atoms with Crippen LogP contribution in [0.15, 0.2) is 24.3 Å². The molecule has 0 aromatic rings. The highest BCUT2D eigenvalue weighted by Crippen LogP contribution is 2.18. The van der Waals surface area contributed by atoms with Crippen LogP contribution in [0.2, 0.25) is 0 Å². The van der Waals surface area contributed by atoms with Crippen LogP contribution in [0.5, 0.6) is 0 Å². The average molecular weight is 987 g/mol. The maximum Gasteiger partial charge on any atom is 0.305 e. The number of amides is 1. The highest BCUT2D eigenvalue weighted by molar-refractivity contribution is 5.76. The minimum Gasteiger partial charge on any atom is -0.466 e. The van der Waals surface area contributed by atoms with E-state index in [9.17, 15) is 19.8 Å². The standard InChI is InChI=1S/C64H123NO5/c1-3-5-7-9-11-13-15-17-19-20-21-22-23-24-25-26-27-29-32-36-40-44-48-52-56-62(67)61(60-66)65-63(68)57-53-49-45-41-37-33-30-28-31-35-39-43-47-51-55-59-70-64(69)58-54-50-46-42-38-34-18-16-14-12-10-8-6-4-2/h28,31,35,39,61-62,66-67H,3-27,29-30,32-34,36-38,40-60H2,1-2H3,(H,65,68)/b31-28-,39-35-. The molecule has 0 aromatic carbocycles. The molecule has 3 N–H and O–H groups in total. The van der Waals surface area contributed by atoms with Crippen molar-refractivity contribution in [1.29, 1.82) is 0 Å². The van der Waals surface area contributed by atoms with E-state index in [1.54, 1.807) is 0 Å². The van der Waals surface area contributed by atoms with Crippen molar-refractivity contribution in [2.45, 2.75) is 360 Å². The van der Waals surface area contributed by atoms with E-state index in [-0.39, 0.29) is 18.5 Å². The number of hydrogen-bond acceptors (Lipinski definition) is 5. The second-order valence-electron chi connectivity index (χ2n) is 21.8. The molecule has 0 aliphatic rings. The molecule has 1 amide bonds. The zero-order valence-corrected chi connectivity index (χ0v) is 47.3. The third-order valence-corrected chi connectivity index (χ3v) is 14.8. The maximum atomic E-state index is 12.5. The molecule has 0 fully saturated rings. The third kappa shape index (κ3) is 55.7. The first-order chi connectivity index (χ1) is 34.5. The Bertz CT molecular complexity index is 1090. The van der Waals surface area contributed by atoms with E-state index < -0.39 is 12.1 Å². The van der Waals surface area contributed by atoms with Gasteiger partial charge in [-0.15, -0.1) is 0 Å². The van der Waals surface area contributed by atoms with E-state index in [1.807, 2.05) is 0 Å². The predicted octanol–water partition coefficient (Wildman–Crippen LogP) is 19.8. The van der Waals surface area contributed by atoms with Gasteiger partial charge in [-0.3, -0.25) is 9.59 Å². The van der Waals surface area contributed by atoms with Crippen molar-refractivity contribution in [2.75, 3.05) is 13.2 Å². The topological polar surface area (TPSA) is 95.9 Å². The number of unbranched alkanes of at least 4 members (excludes halogenated alkanes) is 45. The van der Waals surface area contributed by atoms with E-state index in [1.165, 1.54) is 238 Å². The molecule has 0 aromatic heterocycles. The molecule has 2 unspecified atom stereocenters. The van der Waals surface area contributed by atoms with E-state index in [2.05, 4.69) is 43.5 Å². The molecule has 0 spiro atoms. The maximum absolute atomic E-state index is 12.5. The summed E-state index contributed by atoms with van der Waals surface area (Å²) in [5.74, 6) is -0.0721. The summed E-state index contributed by atoms with van der Waals surface area (Å²) in [5.41, 5.74) is 0. The SMILES string of the molecule is CCCCCCCCCCCCCCCCCCCCCCCCCCC(O)C(CO)NC(=O)CCCCCCCC/C=C\C=C/CCCCCOC(=O)CCCCCCCCCCCCCCCC. The van der Waals surface area contributed by atoms with Gasteiger partial charge in [0.25, 0.3) is 0 Å². The van der Waals surface area contributed by atoms with Crippen molar-refractivity contribution in [1.82, 2.24) is 5.32 Å². The van der Waals surface area contributed by atoms with Crippen molar-refractivity contribution >= 4 is 11.9 Å². The van der Waals surface area contributed by atoms with Crippen molar-refractivity contribution in [2.24, 2.45) is 0 Å². The monoisotopic (exact) mass is 986 g/mol. The summed E-state index contributed by atoms with van der Waals surface area (Å²) in [7, 11) is 0. The first-order valence-corrected chi connectivity index (χ1v) is 31.6. The molecule has 6 heteroatoms. The lowest BCUT2D eigenvalue weighted by Gasteiger charge is -2.22. The minimum absolute atomic E-state index is 0.0185. The van der Waals surface area contributed by atoms with Gasteiger partial charge in [0.15, 0.2) is 0 Å². The summed E-state index contributed by atoms with van der Waals surface area (Å²) in [4.78, 5) is 24.6. The fourth-order valence-corrected chi connectivity index (χ4v) is 9.93. The Morgan fingerprint density at radius 2 is 0.700 bits per heavy atom. The Balaban J connectivity index is 3.49. The molecule has 414 valence electrons. The number of aliphatic hydroxyl groups is 2. The number of esters is 1. The lowest BCUT2D eigenvalue weighted by molar-refractivity contribution is -0.143. The van der Waals surface area contributed by atoms with E-state index in [4.69, 9.17) is 4.74 Å². The van der Waals surface area contributed by atoms with Crippen LogP contribution in [0, 0.1) is 0 Å². The highest BCUT2D eigenvalue weighted by atomic mass is 16.5. The molecule has 0 heterocycles. The van der Waals surface area contributed by atoms with Gasteiger partial charge in [-0.05, 0) is 57.8 Å². The first kappa shape index (κ1) is 68.3. The second-order valence-corrected chi connectivity index (χ2v) is 21.8. The Morgan fingerprint density at radius 3 is 1.06 bits per heavy atom. The molecule has 0 aliphatic carbocycles. The minimum atomic E-state index is -0.680. The quantitative estimate of drug-likeness (QED) is 0.0321. The summed E-state index contributed by atoms with van der Waals surface area (Å²) in [5, 5.41) is 23.4. The summed E-state index contributed by atoms with van der Waals surface area (Å²) in [6, 6.07) is -0.559. The highest BCUT2D eigenvalue weighted by Gasteiger charge is 2.20. The van der Waals surface area contributed by atoms with Crippen LogP contribution in [0.3, 0.4) is 0 Å². The molecular weight excluding hydrogens is 863 g/mol. The van der Waals surface area contributed by atoms with Gasteiger partial charge in [-0.2, -0.15) is 0 Å². The number of rotatable bonds is 59. The van der Waals surface area contributed by atoms with E-state index in [0.29, 0.717) is 25.9 Å². The van der Waals surface area contributed by atoms with Gasteiger partial charge in [0.05, 0.1) is 25.4 Å². The van der Waals surface area contributed by atoms with Crippen LogP contribution < -0.4 is 5.32 Å². The number of allylic oxidation sites excluding steroid dienone is 4. The van der Waals surface area contributed by atoms with Gasteiger partial charge >= 0.3 is 5.97 Å². The smallest absolute Gasteiger partial charge is 0.305 e. The summed E-state index contributed by atoms with van der Waals surface area (Å²) in [6.07, 6.45) is 73.3. The molecule has 0 saturated carbocycles. The Morgan fingerprint density at radius 1 is 0.400 bits per heavy atom. The van der Waals surface area contributed by atoms with Crippen LogP contribution in [-0.4, -0.2) is 47.4 Å². The molecule has 6 nitrogen and oxygen atoms in total. The normalized spacial score (nSPS) is 12.7. The number of hydrogen-bond donors (Lipinski definition) is 3. The number of carbonyl (C=O) groups is 2. The summed E-state index contributed by atoms with van der Waals surface area (Å²) in [6.45, 7) is 4.93. The van der Waals surface area contributed by atoms with Crippen LogP contribution >= 0.6 is 0 Å². The van der Waals surface area contributed by atoms with Crippen LogP contribution in [0.1, 0.15) is 348 Å². The lowest BCUT2D eigenvalue weighted by atomic mass is 10.0. The summed E-state index contributed by atoms with van der Waals surface area (Å²) < 4.78 is 5.45. The molecule has 0 aliphatic heterocycles. The number of nitrogens with one attached hydrogen (secondary N) is 1. The molecular formula is C64H123NO5. The van der Waals surface area contributed by atoms with Gasteiger partial charge in [0.2, 0.25) is 5.91 Å². The molecule has 70 heavy (non-hydrogen) atoms. The zero-order valence-electron chi connectivity index (χ0n) is 47.3. The molecule has 2 atom stereocenters. The Kier molecular flexibility index (Phi) is 58.5. The second kappa shape index (κ2) is 59.9. The largest absolute Gasteiger partial charge is 0.466 e. The van der Waals surface area contributed by atoms with Crippen molar-refractivity contribution in [3.63, 3.8) is 0 Å². The van der Waals surface area contributed by atoms with Gasteiger partial charge in [-0.1, -0.05) is 301 Å². The van der Waals surface area contributed by atoms with Crippen LogP contribution in [0.25, 0.3) is 0 Å². The van der Waals surface area contributed by atoms with Crippen molar-refractivity contribution < 1.29 is 24.5 Å². The predicted molar refractivity (Wildman–Crippen MR) is 306 cm³/mol. The van der Waals surface area contributed by atoms with E-state index in [0.717, 1.165) is 77.0 Å². The van der Waals surface area contributed by atoms with Crippen LogP contribution in [-0.2, 0) is 14.3 Å². The van der Waals surface area contributed by atoms with Gasteiger partial charge in [-0.25, -0.2) is 0 Å². The zero-order chi connectivity index (χ0) is 50.7. The first-order valence-electron chi connectivity index (χ1n) is 31.6. The Hall–Kier alpha value is -1.66. The lowest BCUT2D eigenvalue weighted by Crippen LogP contribution is -2.45. The Labute approximate surface area is 437 Å². The van der Waals surface area contributed by atoms with Gasteiger partial charge in [0, 0.05) is 12.8 Å². The fourth-order valence-electron chi connectivity index (χ4n) is 9.93. The molecule has 0 bridgehead atoms. The molecule has 0 saturated heterocycles. The van der Waals surface area contributed by atoms with Crippen LogP contribution in [0.4, 0.5) is 0 Å². The number of aliphatic hydroxyl groups excluding tert-OH is 2. The molecule has 0 radical (unpaired) electrons. The number of ether oxygens (including phenoxy) is 1. The van der Waals surface area contributed by atoms with Gasteiger partial charge in [0.1, 0.15) is 0 Å². The third-order valence-electron chi connectivity index (χ3n) is 14.8.